The SMILES string of the molecule is CC/C=C\C/C(=C\CC)c1ncc[nH]1. The fraction of sp³-hybridized carbons (Fsp3) is 0.417. The maximum Gasteiger partial charge on any atom is 0.133 e. The average Bonchev–Trinajstić information content (AvgIpc) is 2.70. The van der Waals surface area contributed by atoms with Crippen LogP contribution in [0.15, 0.2) is 30.6 Å². The Bertz CT molecular complexity index is 294. The fourth-order valence-electron chi connectivity index (χ4n) is 1.34. The molecule has 0 aromatic carbocycles. The highest BCUT2D eigenvalue weighted by Gasteiger charge is 2.00. The van der Waals surface area contributed by atoms with Crippen LogP contribution in [0, 0.1) is 0 Å². The van der Waals surface area contributed by atoms with E-state index in [-0.39, 0.29) is 0 Å². The number of hydrogen-bond acceptors (Lipinski definition) is 1. The van der Waals surface area contributed by atoms with Gasteiger partial charge in [-0.05, 0) is 24.8 Å². The Morgan fingerprint density at radius 1 is 1.36 bits per heavy atom. The first-order valence-electron chi connectivity index (χ1n) is 5.22. The second kappa shape index (κ2) is 6.19. The summed E-state index contributed by atoms with van der Waals surface area (Å²) in [6, 6.07) is 0. The van der Waals surface area contributed by atoms with Crippen molar-refractivity contribution in [3.8, 4) is 0 Å². The molecule has 1 aromatic rings. The summed E-state index contributed by atoms with van der Waals surface area (Å²) in [6.45, 7) is 4.29. The Balaban J connectivity index is 2.66. The molecule has 0 spiro atoms. The molecule has 0 fully saturated rings. The number of allylic oxidation sites excluding steroid dienone is 4. The lowest BCUT2D eigenvalue weighted by Gasteiger charge is -1.99. The quantitative estimate of drug-likeness (QED) is 0.706. The van der Waals surface area contributed by atoms with E-state index in [9.17, 15) is 0 Å². The highest BCUT2D eigenvalue weighted by atomic mass is 14.9. The van der Waals surface area contributed by atoms with Crippen LogP contribution in [0.3, 0.4) is 0 Å². The van der Waals surface area contributed by atoms with Crippen molar-refractivity contribution in [3.05, 3.63) is 36.4 Å². The van der Waals surface area contributed by atoms with E-state index in [2.05, 4.69) is 42.0 Å². The minimum Gasteiger partial charge on any atom is -0.345 e. The Morgan fingerprint density at radius 2 is 2.21 bits per heavy atom. The highest BCUT2D eigenvalue weighted by Crippen LogP contribution is 2.15. The summed E-state index contributed by atoms with van der Waals surface area (Å²) in [7, 11) is 0. The number of nitrogens with one attached hydrogen (secondary N) is 1. The van der Waals surface area contributed by atoms with Crippen molar-refractivity contribution in [3.63, 3.8) is 0 Å². The van der Waals surface area contributed by atoms with E-state index in [0.717, 1.165) is 25.1 Å². The minimum atomic E-state index is 0.967. The van der Waals surface area contributed by atoms with Gasteiger partial charge in [-0.25, -0.2) is 4.98 Å². The average molecular weight is 190 g/mol. The fourth-order valence-corrected chi connectivity index (χ4v) is 1.34. The van der Waals surface area contributed by atoms with E-state index in [1.54, 1.807) is 6.20 Å². The smallest absolute Gasteiger partial charge is 0.133 e. The topological polar surface area (TPSA) is 28.7 Å². The second-order valence-corrected chi connectivity index (χ2v) is 3.16. The largest absolute Gasteiger partial charge is 0.345 e. The van der Waals surface area contributed by atoms with Crippen LogP contribution >= 0.6 is 0 Å². The number of nitrogens with zero attached hydrogens (tertiary/aromatic N) is 1. The molecule has 0 saturated heterocycles. The number of rotatable bonds is 5. The third kappa shape index (κ3) is 3.21. The molecular formula is C12H18N2. The second-order valence-electron chi connectivity index (χ2n) is 3.16. The van der Waals surface area contributed by atoms with Crippen LogP contribution in [0.1, 0.15) is 38.9 Å². The number of imidazole rings is 1. The monoisotopic (exact) mass is 190 g/mol. The molecule has 0 bridgehead atoms. The van der Waals surface area contributed by atoms with Gasteiger partial charge in [0.05, 0.1) is 0 Å². The van der Waals surface area contributed by atoms with Crippen molar-refractivity contribution in [1.82, 2.24) is 9.97 Å². The number of hydrogen-bond donors (Lipinski definition) is 1. The summed E-state index contributed by atoms with van der Waals surface area (Å²) >= 11 is 0. The molecule has 2 nitrogen and oxygen atoms in total. The summed E-state index contributed by atoms with van der Waals surface area (Å²) in [5.74, 6) is 0.993. The maximum absolute atomic E-state index is 4.26. The third-order valence-corrected chi connectivity index (χ3v) is 1.99. The molecule has 0 atom stereocenters. The van der Waals surface area contributed by atoms with Crippen LogP contribution < -0.4 is 0 Å². The van der Waals surface area contributed by atoms with E-state index in [1.165, 1.54) is 5.57 Å². The number of H-pyrrole nitrogens is 1. The summed E-state index contributed by atoms with van der Waals surface area (Å²) in [6.07, 6.45) is 13.4. The predicted molar refractivity (Wildman–Crippen MR) is 60.9 cm³/mol. The third-order valence-electron chi connectivity index (χ3n) is 1.99. The summed E-state index contributed by atoms with van der Waals surface area (Å²) in [5.41, 5.74) is 1.28. The van der Waals surface area contributed by atoms with Crippen molar-refractivity contribution in [1.29, 1.82) is 0 Å². The lowest BCUT2D eigenvalue weighted by Crippen LogP contribution is -1.86. The van der Waals surface area contributed by atoms with E-state index in [1.807, 2.05) is 6.20 Å². The van der Waals surface area contributed by atoms with Gasteiger partial charge in [-0.2, -0.15) is 0 Å². The standard InChI is InChI=1S/C12H18N2/c1-3-5-6-8-11(7-4-2)12-13-9-10-14-12/h5-7,9-10H,3-4,8H2,1-2H3,(H,13,14)/b6-5-,11-7+. The lowest BCUT2D eigenvalue weighted by molar-refractivity contribution is 1.14. The van der Waals surface area contributed by atoms with Crippen molar-refractivity contribution in [2.24, 2.45) is 0 Å². The maximum atomic E-state index is 4.26. The van der Waals surface area contributed by atoms with Gasteiger partial charge in [0.25, 0.3) is 0 Å². The van der Waals surface area contributed by atoms with Crippen LogP contribution in [0.2, 0.25) is 0 Å². The molecule has 76 valence electrons. The summed E-state index contributed by atoms with van der Waals surface area (Å²) in [4.78, 5) is 7.39. The first-order valence-corrected chi connectivity index (χ1v) is 5.22. The summed E-state index contributed by atoms with van der Waals surface area (Å²) in [5, 5.41) is 0. The van der Waals surface area contributed by atoms with Gasteiger partial charge in [-0.3, -0.25) is 0 Å². The van der Waals surface area contributed by atoms with E-state index >= 15 is 0 Å². The van der Waals surface area contributed by atoms with E-state index in [4.69, 9.17) is 0 Å². The van der Waals surface area contributed by atoms with Gasteiger partial charge < -0.3 is 4.98 Å². The molecule has 0 amide bonds. The Hall–Kier alpha value is -1.31. The van der Waals surface area contributed by atoms with E-state index < -0.39 is 0 Å². The predicted octanol–water partition coefficient (Wildman–Crippen LogP) is 3.56. The molecule has 1 rings (SSSR count). The molecule has 0 unspecified atom stereocenters. The summed E-state index contributed by atoms with van der Waals surface area (Å²) < 4.78 is 0. The van der Waals surface area contributed by atoms with Crippen LogP contribution in [0.25, 0.3) is 5.57 Å². The lowest BCUT2D eigenvalue weighted by atomic mass is 10.1. The Labute approximate surface area is 85.8 Å². The van der Waals surface area contributed by atoms with Crippen LogP contribution in [-0.2, 0) is 0 Å². The van der Waals surface area contributed by atoms with Crippen LogP contribution in [0.5, 0.6) is 0 Å². The van der Waals surface area contributed by atoms with Gasteiger partial charge in [0.15, 0.2) is 0 Å². The Morgan fingerprint density at radius 3 is 2.79 bits per heavy atom. The van der Waals surface area contributed by atoms with Gasteiger partial charge in [-0.1, -0.05) is 32.1 Å². The molecule has 0 aliphatic carbocycles. The number of aromatic amines is 1. The van der Waals surface area contributed by atoms with Gasteiger partial charge in [-0.15, -0.1) is 0 Å². The molecule has 1 heterocycles. The van der Waals surface area contributed by atoms with Gasteiger partial charge >= 0.3 is 0 Å². The molecule has 1 N–H and O–H groups in total. The molecule has 0 aliphatic rings. The molecule has 0 radical (unpaired) electrons. The van der Waals surface area contributed by atoms with Gasteiger partial charge in [0.2, 0.25) is 0 Å². The highest BCUT2D eigenvalue weighted by molar-refractivity contribution is 5.60. The van der Waals surface area contributed by atoms with Crippen LogP contribution in [0.4, 0.5) is 0 Å². The van der Waals surface area contributed by atoms with Gasteiger partial charge in [0, 0.05) is 12.4 Å². The zero-order valence-electron chi connectivity index (χ0n) is 8.96. The molecule has 0 aliphatic heterocycles. The zero-order valence-corrected chi connectivity index (χ0v) is 8.96. The van der Waals surface area contributed by atoms with Crippen molar-refractivity contribution >= 4 is 5.57 Å². The van der Waals surface area contributed by atoms with Crippen molar-refractivity contribution < 1.29 is 0 Å². The molecule has 14 heavy (non-hydrogen) atoms. The molecular weight excluding hydrogens is 172 g/mol. The van der Waals surface area contributed by atoms with E-state index in [0.29, 0.717) is 0 Å². The first kappa shape index (κ1) is 10.8. The normalized spacial score (nSPS) is 12.6. The molecule has 2 heteroatoms. The number of aromatic nitrogens is 2. The van der Waals surface area contributed by atoms with Crippen molar-refractivity contribution in [2.75, 3.05) is 0 Å². The van der Waals surface area contributed by atoms with Crippen molar-refractivity contribution in [2.45, 2.75) is 33.1 Å². The first-order chi connectivity index (χ1) is 6.88. The Kier molecular flexibility index (Phi) is 4.76. The minimum absolute atomic E-state index is 0.967. The molecule has 1 aromatic heterocycles. The van der Waals surface area contributed by atoms with Crippen LogP contribution in [-0.4, -0.2) is 9.97 Å². The van der Waals surface area contributed by atoms with Gasteiger partial charge in [0.1, 0.15) is 5.82 Å². The zero-order chi connectivity index (χ0) is 10.2. The molecule has 0 saturated carbocycles.